The van der Waals surface area contributed by atoms with E-state index in [9.17, 15) is 19.7 Å². The predicted molar refractivity (Wildman–Crippen MR) is 68.1 cm³/mol. The molecule has 8 nitrogen and oxygen atoms in total. The van der Waals surface area contributed by atoms with Crippen LogP contribution in [-0.2, 0) is 25.6 Å². The molecule has 1 N–H and O–H groups in total. The van der Waals surface area contributed by atoms with E-state index in [0.717, 1.165) is 0 Å². The molecule has 1 unspecified atom stereocenters. The van der Waals surface area contributed by atoms with Crippen LogP contribution in [0.15, 0.2) is 24.3 Å². The van der Waals surface area contributed by atoms with Crippen LogP contribution >= 0.6 is 0 Å². The molecule has 0 fully saturated rings. The lowest BCUT2D eigenvalue weighted by atomic mass is 10.1. The Hall–Kier alpha value is -2.64. The van der Waals surface area contributed by atoms with Crippen LogP contribution in [0.4, 0.5) is 5.69 Å². The summed E-state index contributed by atoms with van der Waals surface area (Å²) in [6.07, 6.45) is -1.30. The number of rotatable bonds is 6. The number of carbonyl (C=O) groups is 2. The highest BCUT2D eigenvalue weighted by Gasteiger charge is 2.13. The van der Waals surface area contributed by atoms with Gasteiger partial charge in [-0.1, -0.05) is 12.1 Å². The van der Waals surface area contributed by atoms with Crippen molar-refractivity contribution in [3.05, 3.63) is 39.9 Å². The highest BCUT2D eigenvalue weighted by atomic mass is 17.0. The van der Waals surface area contributed by atoms with E-state index in [-0.39, 0.29) is 12.3 Å². The van der Waals surface area contributed by atoms with Crippen molar-refractivity contribution in [1.29, 1.82) is 0 Å². The van der Waals surface area contributed by atoms with Gasteiger partial charge in [0.15, 0.2) is 0 Å². The third-order valence-electron chi connectivity index (χ3n) is 2.15. The van der Waals surface area contributed by atoms with E-state index >= 15 is 0 Å². The molecule has 0 heterocycles. The average Bonchev–Trinajstić information content (AvgIpc) is 2.29. The van der Waals surface area contributed by atoms with E-state index in [2.05, 4.69) is 14.9 Å². The van der Waals surface area contributed by atoms with Gasteiger partial charge in [-0.3, -0.25) is 14.4 Å². The summed E-state index contributed by atoms with van der Waals surface area (Å²) in [6.45, 7) is 2.64. The Morgan fingerprint density at radius 3 is 2.45 bits per heavy atom. The van der Waals surface area contributed by atoms with E-state index in [1.807, 2.05) is 0 Å². The van der Waals surface area contributed by atoms with Gasteiger partial charge in [0.05, 0.1) is 6.42 Å². The topological polar surface area (TPSA) is 108 Å². The van der Waals surface area contributed by atoms with Crippen molar-refractivity contribution < 1.29 is 24.3 Å². The molecular weight excluding hydrogens is 268 g/mol. The number of anilines is 1. The molecule has 0 aliphatic heterocycles. The first-order valence-electron chi connectivity index (χ1n) is 5.74. The van der Waals surface area contributed by atoms with Gasteiger partial charge in [0, 0.05) is 12.6 Å². The molecule has 0 aliphatic carbocycles. The van der Waals surface area contributed by atoms with Crippen LogP contribution in [0.3, 0.4) is 0 Å². The largest absolute Gasteiger partial charge is 0.435 e. The second-order valence-electron chi connectivity index (χ2n) is 3.94. The van der Waals surface area contributed by atoms with E-state index in [0.29, 0.717) is 11.3 Å². The van der Waals surface area contributed by atoms with Gasteiger partial charge in [0.25, 0.3) is 5.09 Å². The van der Waals surface area contributed by atoms with Crippen molar-refractivity contribution in [3.8, 4) is 0 Å². The lowest BCUT2D eigenvalue weighted by Gasteiger charge is -2.10. The summed E-state index contributed by atoms with van der Waals surface area (Å²) in [5.74, 6) is -0.838. The second kappa shape index (κ2) is 7.07. The van der Waals surface area contributed by atoms with Crippen LogP contribution in [-0.4, -0.2) is 23.3 Å². The maximum atomic E-state index is 11.5. The zero-order valence-corrected chi connectivity index (χ0v) is 11.0. The number of hydrogen-bond acceptors (Lipinski definition) is 6. The number of hydrogen-bond donors (Lipinski definition) is 1. The molecule has 0 radical (unpaired) electrons. The molecular formula is C12H14N2O6. The number of esters is 1. The molecule has 0 bridgehead atoms. The predicted octanol–water partition coefficient (Wildman–Crippen LogP) is 1.28. The van der Waals surface area contributed by atoms with E-state index in [4.69, 9.17) is 0 Å². The third-order valence-corrected chi connectivity index (χ3v) is 2.15. The average molecular weight is 282 g/mol. The smallest absolute Gasteiger partial charge is 0.312 e. The Kier molecular flexibility index (Phi) is 5.45. The standard InChI is InChI=1S/C12H14N2O6/c1-8(15)13-11-5-3-10(4-6-11)7-12(16)19-9(2)20-14(17)18/h3-6,9H,7H2,1-2H3,(H,13,15). The van der Waals surface area contributed by atoms with Crippen molar-refractivity contribution >= 4 is 17.6 Å². The fourth-order valence-corrected chi connectivity index (χ4v) is 1.45. The molecule has 1 rings (SSSR count). The van der Waals surface area contributed by atoms with Gasteiger partial charge < -0.3 is 10.1 Å². The molecule has 1 aromatic rings. The molecule has 1 aromatic carbocycles. The van der Waals surface area contributed by atoms with Crippen LogP contribution < -0.4 is 5.32 Å². The lowest BCUT2D eigenvalue weighted by molar-refractivity contribution is -0.777. The highest BCUT2D eigenvalue weighted by Crippen LogP contribution is 2.11. The van der Waals surface area contributed by atoms with Crippen LogP contribution in [0.25, 0.3) is 0 Å². The maximum Gasteiger partial charge on any atom is 0.312 e. The molecule has 108 valence electrons. The minimum atomic E-state index is -1.25. The molecule has 0 aliphatic rings. The molecule has 0 saturated carbocycles. The third kappa shape index (κ3) is 5.80. The van der Waals surface area contributed by atoms with E-state index in [1.165, 1.54) is 13.8 Å². The fraction of sp³-hybridized carbons (Fsp3) is 0.333. The second-order valence-corrected chi connectivity index (χ2v) is 3.94. The van der Waals surface area contributed by atoms with Crippen LogP contribution in [0.5, 0.6) is 0 Å². The van der Waals surface area contributed by atoms with Crippen LogP contribution in [0.2, 0.25) is 0 Å². The van der Waals surface area contributed by atoms with Gasteiger partial charge in [0.1, 0.15) is 0 Å². The Labute approximate surface area is 114 Å². The summed E-state index contributed by atoms with van der Waals surface area (Å²) in [5, 5.41) is 11.6. The summed E-state index contributed by atoms with van der Waals surface area (Å²) >= 11 is 0. The quantitative estimate of drug-likeness (QED) is 0.364. The first-order chi connectivity index (χ1) is 9.36. The molecule has 0 aromatic heterocycles. The van der Waals surface area contributed by atoms with Gasteiger partial charge in [-0.25, -0.2) is 0 Å². The highest BCUT2D eigenvalue weighted by molar-refractivity contribution is 5.88. The summed E-state index contributed by atoms with van der Waals surface area (Å²) in [4.78, 5) is 36.4. The van der Waals surface area contributed by atoms with Crippen LogP contribution in [0, 0.1) is 10.1 Å². The summed E-state index contributed by atoms with van der Waals surface area (Å²) in [5.41, 5.74) is 1.26. The Morgan fingerprint density at radius 1 is 1.35 bits per heavy atom. The van der Waals surface area contributed by atoms with Gasteiger partial charge in [0.2, 0.25) is 12.2 Å². The zero-order valence-electron chi connectivity index (χ0n) is 11.0. The molecule has 1 atom stereocenters. The van der Waals surface area contributed by atoms with E-state index in [1.54, 1.807) is 24.3 Å². The van der Waals surface area contributed by atoms with Gasteiger partial charge in [-0.05, 0) is 24.6 Å². The Balaban J connectivity index is 2.49. The van der Waals surface area contributed by atoms with Gasteiger partial charge in [-0.15, -0.1) is 10.1 Å². The van der Waals surface area contributed by atoms with Crippen molar-refractivity contribution in [2.45, 2.75) is 26.6 Å². The number of amides is 1. The van der Waals surface area contributed by atoms with Crippen molar-refractivity contribution in [1.82, 2.24) is 0 Å². The number of ether oxygens (including phenoxy) is 1. The molecule has 20 heavy (non-hydrogen) atoms. The summed E-state index contributed by atoms with van der Waals surface area (Å²) < 4.78 is 4.69. The van der Waals surface area contributed by atoms with Crippen molar-refractivity contribution in [3.63, 3.8) is 0 Å². The monoisotopic (exact) mass is 282 g/mol. The normalized spacial score (nSPS) is 11.3. The zero-order chi connectivity index (χ0) is 15.1. The number of benzene rings is 1. The number of nitrogens with one attached hydrogen (secondary N) is 1. The van der Waals surface area contributed by atoms with Crippen LogP contribution in [0.1, 0.15) is 19.4 Å². The van der Waals surface area contributed by atoms with E-state index < -0.39 is 17.3 Å². The summed E-state index contributed by atoms with van der Waals surface area (Å²) in [7, 11) is 0. The molecule has 8 heteroatoms. The Bertz CT molecular complexity index is 499. The van der Waals surface area contributed by atoms with Gasteiger partial charge in [-0.2, -0.15) is 0 Å². The van der Waals surface area contributed by atoms with Crippen molar-refractivity contribution in [2.75, 3.05) is 5.32 Å². The molecule has 0 saturated heterocycles. The maximum absolute atomic E-state index is 11.5. The SMILES string of the molecule is CC(=O)Nc1ccc(CC(=O)OC(C)O[N+](=O)[O-])cc1. The minimum absolute atomic E-state index is 0.0498. The lowest BCUT2D eigenvalue weighted by Crippen LogP contribution is -2.22. The van der Waals surface area contributed by atoms with Crippen molar-refractivity contribution in [2.24, 2.45) is 0 Å². The Morgan fingerprint density at radius 2 is 1.95 bits per heavy atom. The first-order valence-corrected chi connectivity index (χ1v) is 5.74. The molecule has 1 amide bonds. The fourth-order valence-electron chi connectivity index (χ4n) is 1.45. The number of carbonyl (C=O) groups excluding carboxylic acids is 2. The molecule has 0 spiro atoms. The number of nitrogens with zero attached hydrogens (tertiary/aromatic N) is 1. The minimum Gasteiger partial charge on any atom is -0.435 e. The summed E-state index contributed by atoms with van der Waals surface area (Å²) in [6, 6.07) is 6.57. The first kappa shape index (κ1) is 15.4. The van der Waals surface area contributed by atoms with Gasteiger partial charge >= 0.3 is 5.97 Å².